The molecular formula is C22H26O12. The second-order valence-electron chi connectivity index (χ2n) is 7.67. The van der Waals surface area contributed by atoms with Crippen molar-refractivity contribution in [1.82, 2.24) is 0 Å². The third-order valence-corrected chi connectivity index (χ3v) is 4.91. The van der Waals surface area contributed by atoms with E-state index in [0.29, 0.717) is 11.3 Å². The quantitative estimate of drug-likeness (QED) is 0.405. The number of esters is 4. The van der Waals surface area contributed by atoms with Gasteiger partial charge < -0.3 is 33.2 Å². The Labute approximate surface area is 195 Å². The van der Waals surface area contributed by atoms with E-state index in [1.54, 1.807) is 0 Å². The van der Waals surface area contributed by atoms with Gasteiger partial charge in [-0.25, -0.2) is 4.79 Å². The molecule has 0 aromatic heterocycles. The maximum Gasteiger partial charge on any atom is 0.337 e. The fourth-order valence-electron chi connectivity index (χ4n) is 3.62. The number of fused-ring (bicyclic) bond motifs is 1. The summed E-state index contributed by atoms with van der Waals surface area (Å²) >= 11 is 0. The van der Waals surface area contributed by atoms with E-state index in [9.17, 15) is 19.2 Å². The molecule has 0 spiro atoms. The van der Waals surface area contributed by atoms with Crippen LogP contribution in [0.4, 0.5) is 0 Å². The predicted octanol–water partition coefficient (Wildman–Crippen LogP) is 1.09. The zero-order valence-corrected chi connectivity index (χ0v) is 19.3. The van der Waals surface area contributed by atoms with Gasteiger partial charge in [-0.1, -0.05) is 0 Å². The maximum atomic E-state index is 11.8. The lowest BCUT2D eigenvalue weighted by Crippen LogP contribution is -2.60. The van der Waals surface area contributed by atoms with Gasteiger partial charge in [0.2, 0.25) is 0 Å². The molecule has 12 heteroatoms. The molecule has 1 aromatic carbocycles. The predicted molar refractivity (Wildman–Crippen MR) is 109 cm³/mol. The van der Waals surface area contributed by atoms with Crippen LogP contribution in [-0.2, 0) is 47.5 Å². The minimum Gasteiger partial charge on any atom is -0.465 e. The molecule has 2 fully saturated rings. The molecule has 0 saturated carbocycles. The van der Waals surface area contributed by atoms with Crippen molar-refractivity contribution in [1.29, 1.82) is 0 Å². The van der Waals surface area contributed by atoms with Crippen molar-refractivity contribution in [3.63, 3.8) is 0 Å². The molecule has 2 aliphatic heterocycles. The van der Waals surface area contributed by atoms with Gasteiger partial charge >= 0.3 is 29.9 Å². The zero-order chi connectivity index (χ0) is 25.0. The smallest absolute Gasteiger partial charge is 0.337 e. The number of methoxy groups -OCH3 is 1. The van der Waals surface area contributed by atoms with Crippen LogP contribution < -0.4 is 4.74 Å². The Hall–Kier alpha value is -3.22. The van der Waals surface area contributed by atoms with E-state index in [2.05, 4.69) is 4.74 Å². The van der Waals surface area contributed by atoms with Crippen LogP contribution in [0.3, 0.4) is 0 Å². The van der Waals surface area contributed by atoms with Crippen LogP contribution in [0.1, 0.15) is 38.1 Å². The molecule has 34 heavy (non-hydrogen) atoms. The topological polar surface area (TPSA) is 142 Å². The summed E-state index contributed by atoms with van der Waals surface area (Å²) in [7, 11) is 1.27. The number of ether oxygens (including phenoxy) is 8. The molecule has 0 radical (unpaired) electrons. The van der Waals surface area contributed by atoms with Gasteiger partial charge in [0.25, 0.3) is 0 Å². The third-order valence-electron chi connectivity index (χ3n) is 4.91. The van der Waals surface area contributed by atoms with E-state index < -0.39 is 60.6 Å². The number of carbonyl (C=O) groups is 4. The largest absolute Gasteiger partial charge is 0.465 e. The fourth-order valence-corrected chi connectivity index (χ4v) is 3.62. The summed E-state index contributed by atoms with van der Waals surface area (Å²) in [6.45, 7) is 4.75. The van der Waals surface area contributed by atoms with Gasteiger partial charge in [0.15, 0.2) is 24.6 Å². The molecule has 1 unspecified atom stereocenters. The summed E-state index contributed by atoms with van der Waals surface area (Å²) in [5.74, 6) is -3.82. The first-order valence-electron chi connectivity index (χ1n) is 10.4. The maximum absolute atomic E-state index is 11.8. The summed E-state index contributed by atoms with van der Waals surface area (Å²) in [4.78, 5) is 46.5. The zero-order valence-electron chi connectivity index (χ0n) is 19.3. The number of benzene rings is 1. The minimum absolute atomic E-state index is 0.288. The second-order valence-corrected chi connectivity index (χ2v) is 7.67. The van der Waals surface area contributed by atoms with Gasteiger partial charge in [0, 0.05) is 27.7 Å². The van der Waals surface area contributed by atoms with Crippen molar-refractivity contribution < 1.29 is 57.1 Å². The molecule has 6 atom stereocenters. The highest BCUT2D eigenvalue weighted by atomic mass is 16.9. The molecule has 3 rings (SSSR count). The Kier molecular flexibility index (Phi) is 7.75. The van der Waals surface area contributed by atoms with Gasteiger partial charge in [-0.15, -0.1) is 0 Å². The van der Waals surface area contributed by atoms with E-state index in [0.717, 1.165) is 0 Å². The van der Waals surface area contributed by atoms with Crippen LogP contribution in [0.15, 0.2) is 24.3 Å². The van der Waals surface area contributed by atoms with Crippen molar-refractivity contribution in [2.45, 2.75) is 64.4 Å². The molecule has 0 N–H and O–H groups in total. The number of carbonyl (C=O) groups excluding carboxylic acids is 4. The Morgan fingerprint density at radius 1 is 0.912 bits per heavy atom. The van der Waals surface area contributed by atoms with Crippen molar-refractivity contribution in [3.8, 4) is 5.75 Å². The van der Waals surface area contributed by atoms with Crippen LogP contribution in [0.5, 0.6) is 5.75 Å². The number of hydrogen-bond donors (Lipinski definition) is 0. The lowest BCUT2D eigenvalue weighted by Gasteiger charge is -2.40. The summed E-state index contributed by atoms with van der Waals surface area (Å²) in [6.07, 6.45) is -5.46. The number of rotatable bonds is 7. The van der Waals surface area contributed by atoms with Crippen molar-refractivity contribution in [3.05, 3.63) is 29.8 Å². The normalized spacial score (nSPS) is 30.0. The lowest BCUT2D eigenvalue weighted by atomic mass is 9.98. The highest BCUT2D eigenvalue weighted by molar-refractivity contribution is 5.89. The Morgan fingerprint density at radius 3 is 2.09 bits per heavy atom. The van der Waals surface area contributed by atoms with E-state index >= 15 is 0 Å². The Balaban J connectivity index is 1.83. The molecule has 1 aromatic rings. The van der Waals surface area contributed by atoms with Gasteiger partial charge in [0.05, 0.1) is 12.7 Å². The highest BCUT2D eigenvalue weighted by Gasteiger charge is 2.60. The van der Waals surface area contributed by atoms with Crippen LogP contribution in [0, 0.1) is 0 Å². The van der Waals surface area contributed by atoms with Crippen molar-refractivity contribution in [2.24, 2.45) is 0 Å². The fraction of sp³-hybridized carbons (Fsp3) is 0.545. The highest BCUT2D eigenvalue weighted by Crippen LogP contribution is 2.40. The van der Waals surface area contributed by atoms with Crippen LogP contribution in [0.2, 0.25) is 0 Å². The molecule has 0 bridgehead atoms. The van der Waals surface area contributed by atoms with E-state index in [1.807, 2.05) is 0 Å². The van der Waals surface area contributed by atoms with E-state index in [1.165, 1.54) is 59.1 Å². The summed E-state index contributed by atoms with van der Waals surface area (Å²) in [6, 6.07) is 6.02. The van der Waals surface area contributed by atoms with Crippen molar-refractivity contribution >= 4 is 23.9 Å². The average Bonchev–Trinajstić information content (AvgIpc) is 3.09. The molecular weight excluding hydrogens is 456 g/mol. The average molecular weight is 482 g/mol. The van der Waals surface area contributed by atoms with E-state index in [4.69, 9.17) is 33.2 Å². The van der Waals surface area contributed by atoms with E-state index in [-0.39, 0.29) is 6.61 Å². The molecule has 2 heterocycles. The Morgan fingerprint density at radius 2 is 1.53 bits per heavy atom. The van der Waals surface area contributed by atoms with Crippen LogP contribution in [-0.4, -0.2) is 74.3 Å². The molecule has 0 amide bonds. The van der Waals surface area contributed by atoms with Gasteiger partial charge in [0.1, 0.15) is 18.5 Å². The summed E-state index contributed by atoms with van der Waals surface area (Å²) in [5, 5.41) is 0. The van der Waals surface area contributed by atoms with Crippen molar-refractivity contribution in [2.75, 3.05) is 13.7 Å². The molecule has 2 aliphatic rings. The second kappa shape index (κ2) is 10.4. The van der Waals surface area contributed by atoms with Gasteiger partial charge in [-0.3, -0.25) is 19.1 Å². The summed E-state index contributed by atoms with van der Waals surface area (Å²) in [5.41, 5.74) is 0.317. The first-order chi connectivity index (χ1) is 16.0. The van der Waals surface area contributed by atoms with Gasteiger partial charge in [-0.05, 0) is 24.3 Å². The Bertz CT molecular complexity index is 928. The molecule has 0 aliphatic carbocycles. The van der Waals surface area contributed by atoms with Crippen LogP contribution >= 0.6 is 0 Å². The molecule has 2 saturated heterocycles. The molecule has 12 nitrogen and oxygen atoms in total. The standard InChI is InChI=1S/C22H26O12/c1-11(23)28-10-16-17(29-12(2)24)18(30-13(3)25)19-21(31-16)34-22(4,33-19)32-15-8-6-14(7-9-15)20(26)27-5/h6-9,16-19,21H,10H2,1-5H3/t16-,17-,18+,19-,21-,22?/m1/s1. The lowest BCUT2D eigenvalue weighted by molar-refractivity contribution is -0.307. The van der Waals surface area contributed by atoms with Gasteiger partial charge in [-0.2, -0.15) is 0 Å². The van der Waals surface area contributed by atoms with Crippen LogP contribution in [0.25, 0.3) is 0 Å². The third kappa shape index (κ3) is 6.01. The monoisotopic (exact) mass is 482 g/mol. The summed E-state index contributed by atoms with van der Waals surface area (Å²) < 4.78 is 43.8. The molecule has 186 valence electrons. The minimum atomic E-state index is -1.70. The first-order valence-corrected chi connectivity index (χ1v) is 10.4. The SMILES string of the molecule is COC(=O)c1ccc(OC2(C)O[C@H]3O[C@H](COC(C)=O)[C@@H](OC(C)=O)[C@H](OC(C)=O)[C@H]3O2)cc1. The number of hydrogen-bond acceptors (Lipinski definition) is 12. The first kappa shape index (κ1) is 25.4.